The largest absolute Gasteiger partial charge is 0.493 e. The van der Waals surface area contributed by atoms with Crippen molar-refractivity contribution in [1.29, 1.82) is 0 Å². The van der Waals surface area contributed by atoms with Gasteiger partial charge in [0.05, 0.1) is 19.8 Å². The summed E-state index contributed by atoms with van der Waals surface area (Å²) in [7, 11) is 1.68. The Morgan fingerprint density at radius 1 is 1.10 bits per heavy atom. The maximum Gasteiger partial charge on any atom is 0.124 e. The van der Waals surface area contributed by atoms with Gasteiger partial charge in [-0.05, 0) is 26.0 Å². The average molecular weight is 295 g/mol. The molecule has 0 saturated heterocycles. The van der Waals surface area contributed by atoms with Crippen molar-refractivity contribution >= 4 is 0 Å². The summed E-state index contributed by atoms with van der Waals surface area (Å²) >= 11 is 0. The van der Waals surface area contributed by atoms with Crippen molar-refractivity contribution in [3.8, 4) is 5.75 Å². The van der Waals surface area contributed by atoms with Crippen LogP contribution in [0.5, 0.6) is 5.75 Å². The van der Waals surface area contributed by atoms with E-state index < -0.39 is 0 Å². The molecule has 0 aromatic heterocycles. The lowest BCUT2D eigenvalue weighted by Crippen LogP contribution is -2.20. The third-order valence-electron chi connectivity index (χ3n) is 3.21. The van der Waals surface area contributed by atoms with E-state index in [-0.39, 0.29) is 0 Å². The van der Waals surface area contributed by atoms with Gasteiger partial charge in [0.15, 0.2) is 0 Å². The Morgan fingerprint density at radius 2 is 1.90 bits per heavy atom. The monoisotopic (exact) mass is 295 g/mol. The van der Waals surface area contributed by atoms with E-state index in [0.29, 0.717) is 32.5 Å². The zero-order valence-corrected chi connectivity index (χ0v) is 13.6. The highest BCUT2D eigenvalue weighted by molar-refractivity contribution is 5.35. The number of hydrogen-bond acceptors (Lipinski definition) is 4. The minimum atomic E-state index is 0.305. The van der Waals surface area contributed by atoms with Crippen LogP contribution in [0.2, 0.25) is 0 Å². The van der Waals surface area contributed by atoms with Gasteiger partial charge in [-0.3, -0.25) is 0 Å². The molecule has 0 fully saturated rings. The van der Waals surface area contributed by atoms with Crippen molar-refractivity contribution in [3.05, 3.63) is 29.8 Å². The van der Waals surface area contributed by atoms with Crippen LogP contribution in [-0.2, 0) is 9.47 Å². The first kappa shape index (κ1) is 18.0. The molecule has 4 heteroatoms. The van der Waals surface area contributed by atoms with E-state index in [0.717, 1.165) is 25.1 Å². The molecule has 0 aliphatic carbocycles. The predicted molar refractivity (Wildman–Crippen MR) is 86.0 cm³/mol. The van der Waals surface area contributed by atoms with Crippen LogP contribution < -0.4 is 10.1 Å². The highest BCUT2D eigenvalue weighted by Gasteiger charge is 2.10. The second-order valence-corrected chi connectivity index (χ2v) is 5.02. The highest BCUT2D eigenvalue weighted by atomic mass is 16.5. The molecular weight excluding hydrogens is 266 g/mol. The summed E-state index contributed by atoms with van der Waals surface area (Å²) < 4.78 is 16.2. The molecule has 120 valence electrons. The van der Waals surface area contributed by atoms with Gasteiger partial charge in [0.2, 0.25) is 0 Å². The molecule has 0 bridgehead atoms. The number of nitrogens with one attached hydrogen (secondary N) is 1. The van der Waals surface area contributed by atoms with Crippen LogP contribution in [0.3, 0.4) is 0 Å². The van der Waals surface area contributed by atoms with E-state index in [9.17, 15) is 0 Å². The summed E-state index contributed by atoms with van der Waals surface area (Å²) in [4.78, 5) is 0. The zero-order chi connectivity index (χ0) is 15.3. The number of benzene rings is 1. The predicted octanol–water partition coefficient (Wildman–Crippen LogP) is 3.18. The van der Waals surface area contributed by atoms with E-state index in [1.165, 1.54) is 5.56 Å². The Bertz CT molecular complexity index is 371. The molecule has 0 aliphatic rings. The molecule has 0 aliphatic heterocycles. The Labute approximate surface area is 128 Å². The van der Waals surface area contributed by atoms with Crippen molar-refractivity contribution in [2.45, 2.75) is 32.7 Å². The molecule has 1 unspecified atom stereocenters. The average Bonchev–Trinajstić information content (AvgIpc) is 2.52. The summed E-state index contributed by atoms with van der Waals surface area (Å²) in [5, 5.41) is 3.50. The van der Waals surface area contributed by atoms with Crippen molar-refractivity contribution in [3.63, 3.8) is 0 Å². The van der Waals surface area contributed by atoms with E-state index in [4.69, 9.17) is 14.2 Å². The lowest BCUT2D eigenvalue weighted by Gasteiger charge is -2.18. The van der Waals surface area contributed by atoms with Crippen molar-refractivity contribution < 1.29 is 14.2 Å². The van der Waals surface area contributed by atoms with Crippen LogP contribution >= 0.6 is 0 Å². The lowest BCUT2D eigenvalue weighted by atomic mass is 10.1. The van der Waals surface area contributed by atoms with Gasteiger partial charge in [0, 0.05) is 31.7 Å². The molecular formula is C17H29NO3. The Balaban J connectivity index is 2.33. The number of para-hydroxylation sites is 1. The van der Waals surface area contributed by atoms with Gasteiger partial charge in [0.1, 0.15) is 5.75 Å². The van der Waals surface area contributed by atoms with E-state index in [2.05, 4.69) is 31.3 Å². The molecule has 0 amide bonds. The maximum absolute atomic E-state index is 5.89. The van der Waals surface area contributed by atoms with Gasteiger partial charge in [-0.25, -0.2) is 0 Å². The molecule has 1 rings (SSSR count). The second kappa shape index (κ2) is 11.5. The van der Waals surface area contributed by atoms with Crippen LogP contribution in [0.1, 0.15) is 38.3 Å². The molecule has 4 nitrogen and oxygen atoms in total. The first-order chi connectivity index (χ1) is 10.3. The number of ether oxygens (including phenoxy) is 3. The third-order valence-corrected chi connectivity index (χ3v) is 3.21. The highest BCUT2D eigenvalue weighted by Crippen LogP contribution is 2.24. The van der Waals surface area contributed by atoms with Crippen LogP contribution in [0.4, 0.5) is 0 Å². The van der Waals surface area contributed by atoms with Gasteiger partial charge >= 0.3 is 0 Å². The first-order valence-electron chi connectivity index (χ1n) is 7.81. The molecule has 1 atom stereocenters. The van der Waals surface area contributed by atoms with Crippen LogP contribution in [0.25, 0.3) is 0 Å². The fourth-order valence-corrected chi connectivity index (χ4v) is 2.03. The smallest absolute Gasteiger partial charge is 0.124 e. The molecule has 1 N–H and O–H groups in total. The third kappa shape index (κ3) is 7.46. The van der Waals surface area contributed by atoms with Gasteiger partial charge in [-0.1, -0.05) is 25.1 Å². The van der Waals surface area contributed by atoms with Gasteiger partial charge in [-0.15, -0.1) is 0 Å². The molecule has 0 saturated carbocycles. The number of methoxy groups -OCH3 is 1. The molecule has 0 heterocycles. The Kier molecular flexibility index (Phi) is 9.87. The van der Waals surface area contributed by atoms with Crippen LogP contribution in [0, 0.1) is 0 Å². The minimum absolute atomic E-state index is 0.305. The zero-order valence-electron chi connectivity index (χ0n) is 13.6. The van der Waals surface area contributed by atoms with Gasteiger partial charge < -0.3 is 19.5 Å². The summed E-state index contributed by atoms with van der Waals surface area (Å²) in [6.07, 6.45) is 2.01. The van der Waals surface area contributed by atoms with Crippen molar-refractivity contribution in [2.24, 2.45) is 0 Å². The summed E-state index contributed by atoms with van der Waals surface area (Å²) in [6, 6.07) is 8.53. The molecule has 0 radical (unpaired) electrons. The standard InChI is InChI=1S/C17H29NO3/c1-4-10-18-15(2)16-8-5-6-9-17(16)21-12-7-11-20-14-13-19-3/h5-6,8-9,15,18H,4,7,10-14H2,1-3H3. The summed E-state index contributed by atoms with van der Waals surface area (Å²) in [5.41, 5.74) is 1.21. The number of hydrogen-bond donors (Lipinski definition) is 1. The van der Waals surface area contributed by atoms with Crippen molar-refractivity contribution in [2.75, 3.05) is 40.1 Å². The van der Waals surface area contributed by atoms with Gasteiger partial charge in [-0.2, -0.15) is 0 Å². The lowest BCUT2D eigenvalue weighted by molar-refractivity contribution is 0.0643. The van der Waals surface area contributed by atoms with E-state index in [1.54, 1.807) is 7.11 Å². The SMILES string of the molecule is CCCNC(C)c1ccccc1OCCCOCCOC. The topological polar surface area (TPSA) is 39.7 Å². The molecule has 0 spiro atoms. The quantitative estimate of drug-likeness (QED) is 0.601. The maximum atomic E-state index is 5.89. The summed E-state index contributed by atoms with van der Waals surface area (Å²) in [6.45, 7) is 8.02. The fourth-order valence-electron chi connectivity index (χ4n) is 2.03. The van der Waals surface area contributed by atoms with Crippen molar-refractivity contribution in [1.82, 2.24) is 5.32 Å². The second-order valence-electron chi connectivity index (χ2n) is 5.02. The normalized spacial score (nSPS) is 12.3. The first-order valence-corrected chi connectivity index (χ1v) is 7.81. The number of rotatable bonds is 12. The van der Waals surface area contributed by atoms with E-state index in [1.807, 2.05) is 12.1 Å². The minimum Gasteiger partial charge on any atom is -0.493 e. The Hall–Kier alpha value is -1.10. The Morgan fingerprint density at radius 3 is 2.67 bits per heavy atom. The van der Waals surface area contributed by atoms with E-state index >= 15 is 0 Å². The molecule has 1 aromatic carbocycles. The van der Waals surface area contributed by atoms with Crippen LogP contribution in [0.15, 0.2) is 24.3 Å². The van der Waals surface area contributed by atoms with Gasteiger partial charge in [0.25, 0.3) is 0 Å². The van der Waals surface area contributed by atoms with Crippen LogP contribution in [-0.4, -0.2) is 40.1 Å². The fraction of sp³-hybridized carbons (Fsp3) is 0.647. The molecule has 1 aromatic rings. The summed E-state index contributed by atoms with van der Waals surface area (Å²) in [5.74, 6) is 0.963. The molecule has 21 heavy (non-hydrogen) atoms.